The Morgan fingerprint density at radius 2 is 1.79 bits per heavy atom. The monoisotopic (exact) mass is 490 g/mol. The third-order valence-electron chi connectivity index (χ3n) is 3.73. The van der Waals surface area contributed by atoms with Gasteiger partial charge in [0.25, 0.3) is 0 Å². The standard InChI is InChI=1S/C18H14Cl4N4O2S/c1-26-16(8-28-15-5-3-2-4-10(15)19)24-25-18(26)29-9-17(27)23-14-7-12(21)11(20)6-13(14)22/h2-7H,8-9H2,1H3,(H,23,27). The molecular formula is C18H14Cl4N4O2S. The van der Waals surface area contributed by atoms with Crippen molar-refractivity contribution in [3.8, 4) is 5.75 Å². The Bertz CT molecular complexity index is 1040. The van der Waals surface area contributed by atoms with Crippen LogP contribution in [0, 0.1) is 0 Å². The number of hydrogen-bond acceptors (Lipinski definition) is 5. The number of anilines is 1. The second-order valence-corrected chi connectivity index (χ2v) is 8.33. The van der Waals surface area contributed by atoms with Gasteiger partial charge in [-0.3, -0.25) is 4.79 Å². The number of thioether (sulfide) groups is 1. The number of carbonyl (C=O) groups is 1. The summed E-state index contributed by atoms with van der Waals surface area (Å²) < 4.78 is 7.42. The van der Waals surface area contributed by atoms with Gasteiger partial charge in [-0.05, 0) is 24.3 Å². The summed E-state index contributed by atoms with van der Waals surface area (Å²) in [6.07, 6.45) is 0. The number of ether oxygens (including phenoxy) is 1. The van der Waals surface area contributed by atoms with E-state index < -0.39 is 0 Å². The van der Waals surface area contributed by atoms with Gasteiger partial charge in [0, 0.05) is 7.05 Å². The van der Waals surface area contributed by atoms with Crippen LogP contribution in [0.25, 0.3) is 0 Å². The molecule has 0 atom stereocenters. The number of amides is 1. The SMILES string of the molecule is Cn1c(COc2ccccc2Cl)nnc1SCC(=O)Nc1cc(Cl)c(Cl)cc1Cl. The Morgan fingerprint density at radius 1 is 1.07 bits per heavy atom. The minimum atomic E-state index is -0.271. The first kappa shape index (κ1) is 22.1. The normalized spacial score (nSPS) is 10.8. The highest BCUT2D eigenvalue weighted by Crippen LogP contribution is 2.32. The lowest BCUT2D eigenvalue weighted by Crippen LogP contribution is -2.15. The average Bonchev–Trinajstić information content (AvgIpc) is 3.03. The van der Waals surface area contributed by atoms with Crippen molar-refractivity contribution in [2.24, 2.45) is 7.05 Å². The first-order chi connectivity index (χ1) is 13.8. The minimum absolute atomic E-state index is 0.105. The molecule has 3 aromatic rings. The van der Waals surface area contributed by atoms with Crippen molar-refractivity contribution in [1.82, 2.24) is 14.8 Å². The molecular weight excluding hydrogens is 478 g/mol. The van der Waals surface area contributed by atoms with E-state index in [-0.39, 0.29) is 18.3 Å². The van der Waals surface area contributed by atoms with Crippen LogP contribution in [0.3, 0.4) is 0 Å². The van der Waals surface area contributed by atoms with Crippen LogP contribution < -0.4 is 10.1 Å². The molecule has 6 nitrogen and oxygen atoms in total. The quantitative estimate of drug-likeness (QED) is 0.337. The third-order valence-corrected chi connectivity index (χ3v) is 6.10. The molecule has 0 fully saturated rings. The minimum Gasteiger partial charge on any atom is -0.484 e. The Kier molecular flexibility index (Phi) is 7.54. The zero-order chi connectivity index (χ0) is 21.0. The fourth-order valence-electron chi connectivity index (χ4n) is 2.24. The van der Waals surface area contributed by atoms with Crippen LogP contribution in [0.2, 0.25) is 20.1 Å². The summed E-state index contributed by atoms with van der Waals surface area (Å²) in [5, 5.41) is 12.9. The van der Waals surface area contributed by atoms with Gasteiger partial charge in [-0.2, -0.15) is 0 Å². The average molecular weight is 492 g/mol. The summed E-state index contributed by atoms with van der Waals surface area (Å²) in [4.78, 5) is 12.2. The zero-order valence-corrected chi connectivity index (χ0v) is 18.8. The van der Waals surface area contributed by atoms with Gasteiger partial charge in [-0.15, -0.1) is 10.2 Å². The molecule has 0 unspecified atom stereocenters. The second kappa shape index (κ2) is 9.91. The summed E-state index contributed by atoms with van der Waals surface area (Å²) >= 11 is 25.2. The molecule has 0 saturated carbocycles. The van der Waals surface area contributed by atoms with Gasteiger partial charge in [-0.1, -0.05) is 70.3 Å². The van der Waals surface area contributed by atoms with Crippen LogP contribution in [-0.4, -0.2) is 26.4 Å². The molecule has 0 aliphatic heterocycles. The molecule has 0 radical (unpaired) electrons. The highest BCUT2D eigenvalue weighted by atomic mass is 35.5. The van der Waals surface area contributed by atoms with Gasteiger partial charge in [0.15, 0.2) is 11.0 Å². The summed E-state index contributed by atoms with van der Waals surface area (Å²) in [7, 11) is 1.79. The molecule has 11 heteroatoms. The third kappa shape index (κ3) is 5.71. The van der Waals surface area contributed by atoms with Crippen molar-refractivity contribution in [3.63, 3.8) is 0 Å². The van der Waals surface area contributed by atoms with Crippen LogP contribution in [0.5, 0.6) is 5.75 Å². The fraction of sp³-hybridized carbons (Fsp3) is 0.167. The van der Waals surface area contributed by atoms with E-state index in [9.17, 15) is 4.79 Å². The van der Waals surface area contributed by atoms with E-state index in [4.69, 9.17) is 51.1 Å². The number of rotatable bonds is 7. The van der Waals surface area contributed by atoms with Crippen LogP contribution in [0.4, 0.5) is 5.69 Å². The number of halogens is 4. The van der Waals surface area contributed by atoms with E-state index in [1.807, 2.05) is 12.1 Å². The molecule has 0 aliphatic carbocycles. The molecule has 152 valence electrons. The number of nitrogens with one attached hydrogen (secondary N) is 1. The van der Waals surface area contributed by atoms with Gasteiger partial charge in [-0.25, -0.2) is 0 Å². The van der Waals surface area contributed by atoms with Crippen LogP contribution in [0.1, 0.15) is 5.82 Å². The highest BCUT2D eigenvalue weighted by molar-refractivity contribution is 7.99. The lowest BCUT2D eigenvalue weighted by Gasteiger charge is -2.09. The smallest absolute Gasteiger partial charge is 0.234 e. The molecule has 29 heavy (non-hydrogen) atoms. The predicted octanol–water partition coefficient (Wildman–Crippen LogP) is 5.74. The molecule has 0 bridgehead atoms. The van der Waals surface area contributed by atoms with Crippen LogP contribution in [0.15, 0.2) is 41.6 Å². The van der Waals surface area contributed by atoms with Crippen molar-refractivity contribution in [1.29, 1.82) is 0 Å². The topological polar surface area (TPSA) is 69.0 Å². The summed E-state index contributed by atoms with van der Waals surface area (Å²) in [6, 6.07) is 10.1. The summed E-state index contributed by atoms with van der Waals surface area (Å²) in [5.74, 6) is 0.991. The molecule has 0 spiro atoms. The first-order valence-corrected chi connectivity index (χ1v) is 10.7. The second-order valence-electron chi connectivity index (χ2n) is 5.76. The van der Waals surface area contributed by atoms with Crippen molar-refractivity contribution in [2.75, 3.05) is 11.1 Å². The maximum atomic E-state index is 12.2. The Balaban J connectivity index is 1.57. The number of carbonyl (C=O) groups excluding carboxylic acids is 1. The van der Waals surface area contributed by atoms with E-state index in [1.54, 1.807) is 23.7 Å². The molecule has 2 aromatic carbocycles. The maximum absolute atomic E-state index is 12.2. The van der Waals surface area contributed by atoms with Crippen molar-refractivity contribution in [3.05, 3.63) is 62.3 Å². The van der Waals surface area contributed by atoms with Gasteiger partial charge < -0.3 is 14.6 Å². The van der Waals surface area contributed by atoms with Crippen molar-refractivity contribution in [2.45, 2.75) is 11.8 Å². The Hall–Kier alpha value is -1.64. The number of para-hydroxylation sites is 1. The van der Waals surface area contributed by atoms with E-state index in [0.717, 1.165) is 0 Å². The lowest BCUT2D eigenvalue weighted by atomic mass is 10.3. The lowest BCUT2D eigenvalue weighted by molar-refractivity contribution is -0.113. The molecule has 0 saturated heterocycles. The van der Waals surface area contributed by atoms with Gasteiger partial charge in [0.05, 0.1) is 31.5 Å². The molecule has 0 aliphatic rings. The number of hydrogen-bond donors (Lipinski definition) is 1. The molecule has 1 aromatic heterocycles. The highest BCUT2D eigenvalue weighted by Gasteiger charge is 2.14. The number of nitrogens with zero attached hydrogens (tertiary/aromatic N) is 3. The van der Waals surface area contributed by atoms with Crippen molar-refractivity contribution < 1.29 is 9.53 Å². The van der Waals surface area contributed by atoms with Gasteiger partial charge in [0.2, 0.25) is 5.91 Å². The predicted molar refractivity (Wildman–Crippen MR) is 118 cm³/mol. The van der Waals surface area contributed by atoms with E-state index >= 15 is 0 Å². The van der Waals surface area contributed by atoms with Crippen molar-refractivity contribution >= 4 is 69.8 Å². The van der Waals surface area contributed by atoms with Crippen LogP contribution in [-0.2, 0) is 18.4 Å². The van der Waals surface area contributed by atoms with E-state index in [0.29, 0.717) is 42.5 Å². The van der Waals surface area contributed by atoms with E-state index in [1.165, 1.54) is 23.9 Å². The first-order valence-electron chi connectivity index (χ1n) is 8.18. The van der Waals surface area contributed by atoms with E-state index in [2.05, 4.69) is 15.5 Å². The molecule has 1 heterocycles. The largest absolute Gasteiger partial charge is 0.484 e. The molecule has 1 amide bonds. The van der Waals surface area contributed by atoms with Gasteiger partial charge in [0.1, 0.15) is 12.4 Å². The Labute approximate surface area is 191 Å². The molecule has 3 rings (SSSR count). The zero-order valence-electron chi connectivity index (χ0n) is 15.0. The van der Waals surface area contributed by atoms with Gasteiger partial charge >= 0.3 is 0 Å². The molecule has 1 N–H and O–H groups in total. The fourth-order valence-corrected chi connectivity index (χ4v) is 3.75. The number of aromatic nitrogens is 3. The van der Waals surface area contributed by atoms with Crippen LogP contribution >= 0.6 is 58.2 Å². The number of benzene rings is 2. The summed E-state index contributed by atoms with van der Waals surface area (Å²) in [5.41, 5.74) is 0.387. The summed E-state index contributed by atoms with van der Waals surface area (Å²) in [6.45, 7) is 0.193. The maximum Gasteiger partial charge on any atom is 0.234 e. The Morgan fingerprint density at radius 3 is 2.55 bits per heavy atom.